The number of nitrogens with zero attached hydrogens (tertiary/aromatic N) is 4. The van der Waals surface area contributed by atoms with Crippen LogP contribution in [0.4, 0.5) is 0 Å². The number of rotatable bonds is 4. The standard InChI is InChI=1S/C8H20N4/c1-7(2)11(5)9-10-12(6)8(3)4/h7-8H,1-6H3. The van der Waals surface area contributed by atoms with Gasteiger partial charge in [-0.1, -0.05) is 10.4 Å². The summed E-state index contributed by atoms with van der Waals surface area (Å²) in [4.78, 5) is 0. The summed E-state index contributed by atoms with van der Waals surface area (Å²) in [5, 5.41) is 11.7. The van der Waals surface area contributed by atoms with Gasteiger partial charge in [0.25, 0.3) is 0 Å². The molecule has 0 spiro atoms. The molecule has 0 atom stereocenters. The zero-order valence-corrected chi connectivity index (χ0v) is 8.94. The molecular formula is C8H20N4. The van der Waals surface area contributed by atoms with Gasteiger partial charge in [-0.3, -0.25) is 10.0 Å². The molecule has 0 aromatic carbocycles. The summed E-state index contributed by atoms with van der Waals surface area (Å²) >= 11 is 0. The molecule has 0 N–H and O–H groups in total. The highest BCUT2D eigenvalue weighted by Crippen LogP contribution is 1.98. The maximum Gasteiger partial charge on any atom is 0.0428 e. The normalized spacial score (nSPS) is 11.7. The Hall–Kier alpha value is -0.800. The monoisotopic (exact) mass is 172 g/mol. The van der Waals surface area contributed by atoms with Crippen molar-refractivity contribution in [3.8, 4) is 0 Å². The lowest BCUT2D eigenvalue weighted by Gasteiger charge is -2.19. The minimum absolute atomic E-state index is 0.398. The van der Waals surface area contributed by atoms with Crippen molar-refractivity contribution in [3.63, 3.8) is 0 Å². The fourth-order valence-corrected chi connectivity index (χ4v) is 0.333. The summed E-state index contributed by atoms with van der Waals surface area (Å²) in [6.07, 6.45) is 0. The minimum atomic E-state index is 0.398. The Bertz CT molecular complexity index is 126. The quantitative estimate of drug-likeness (QED) is 0.479. The fraction of sp³-hybridized carbons (Fsp3) is 1.00. The number of hydrogen-bond acceptors (Lipinski definition) is 2. The van der Waals surface area contributed by atoms with Gasteiger partial charge in [0.15, 0.2) is 0 Å². The van der Waals surface area contributed by atoms with E-state index in [4.69, 9.17) is 0 Å². The van der Waals surface area contributed by atoms with Crippen LogP contribution >= 0.6 is 0 Å². The average Bonchev–Trinajstić information content (AvgIpc) is 1.98. The van der Waals surface area contributed by atoms with Crippen LogP contribution in [0.15, 0.2) is 10.4 Å². The van der Waals surface area contributed by atoms with E-state index in [1.165, 1.54) is 0 Å². The van der Waals surface area contributed by atoms with E-state index < -0.39 is 0 Å². The second kappa shape index (κ2) is 4.95. The van der Waals surface area contributed by atoms with Gasteiger partial charge in [-0.25, -0.2) is 0 Å². The number of hydrogen-bond donors (Lipinski definition) is 0. The van der Waals surface area contributed by atoms with Gasteiger partial charge in [-0.15, -0.1) is 0 Å². The Labute approximate surface area is 75.2 Å². The summed E-state index contributed by atoms with van der Waals surface area (Å²) in [5.41, 5.74) is 0. The van der Waals surface area contributed by atoms with Crippen LogP contribution in [0.1, 0.15) is 27.7 Å². The Kier molecular flexibility index (Phi) is 4.62. The van der Waals surface area contributed by atoms with E-state index in [0.717, 1.165) is 0 Å². The van der Waals surface area contributed by atoms with Gasteiger partial charge in [0.05, 0.1) is 0 Å². The molecule has 0 aromatic rings. The third kappa shape index (κ3) is 4.16. The molecule has 0 aliphatic rings. The third-order valence-electron chi connectivity index (χ3n) is 1.82. The van der Waals surface area contributed by atoms with Crippen LogP contribution in [0.25, 0.3) is 0 Å². The predicted octanol–water partition coefficient (Wildman–Crippen LogP) is 1.95. The molecular weight excluding hydrogens is 152 g/mol. The molecule has 0 saturated heterocycles. The second-order valence-corrected chi connectivity index (χ2v) is 3.51. The molecule has 4 heteroatoms. The Balaban J connectivity index is 3.89. The molecule has 0 amide bonds. The van der Waals surface area contributed by atoms with Gasteiger partial charge < -0.3 is 0 Å². The van der Waals surface area contributed by atoms with Crippen molar-refractivity contribution in [1.29, 1.82) is 0 Å². The molecule has 0 saturated carbocycles. The van der Waals surface area contributed by atoms with Crippen LogP contribution in [0.2, 0.25) is 0 Å². The van der Waals surface area contributed by atoms with Crippen molar-refractivity contribution in [3.05, 3.63) is 0 Å². The smallest absolute Gasteiger partial charge is 0.0428 e. The van der Waals surface area contributed by atoms with Gasteiger partial charge >= 0.3 is 0 Å². The highest BCUT2D eigenvalue weighted by Gasteiger charge is 2.01. The second-order valence-electron chi connectivity index (χ2n) is 3.51. The van der Waals surface area contributed by atoms with Crippen molar-refractivity contribution in [2.24, 2.45) is 10.4 Å². The molecule has 0 unspecified atom stereocenters. The lowest BCUT2D eigenvalue weighted by molar-refractivity contribution is 0.195. The Morgan fingerprint density at radius 3 is 1.17 bits per heavy atom. The van der Waals surface area contributed by atoms with Crippen LogP contribution < -0.4 is 0 Å². The van der Waals surface area contributed by atoms with Crippen molar-refractivity contribution in [2.45, 2.75) is 39.8 Å². The van der Waals surface area contributed by atoms with Crippen LogP contribution in [-0.4, -0.2) is 36.2 Å². The molecule has 0 aromatic heterocycles. The molecule has 12 heavy (non-hydrogen) atoms. The zero-order valence-electron chi connectivity index (χ0n) is 8.94. The van der Waals surface area contributed by atoms with Gasteiger partial charge in [0.1, 0.15) is 0 Å². The summed E-state index contributed by atoms with van der Waals surface area (Å²) in [6.45, 7) is 8.31. The lowest BCUT2D eigenvalue weighted by Crippen LogP contribution is -2.23. The summed E-state index contributed by atoms with van der Waals surface area (Å²) in [6, 6.07) is 0.795. The Morgan fingerprint density at radius 2 is 1.00 bits per heavy atom. The molecule has 0 radical (unpaired) electrons. The minimum Gasteiger partial charge on any atom is -0.278 e. The van der Waals surface area contributed by atoms with Crippen LogP contribution in [0, 0.1) is 0 Å². The molecule has 72 valence electrons. The van der Waals surface area contributed by atoms with Gasteiger partial charge in [-0.2, -0.15) is 0 Å². The maximum atomic E-state index is 4.03. The van der Waals surface area contributed by atoms with Gasteiger partial charge in [-0.05, 0) is 27.7 Å². The van der Waals surface area contributed by atoms with Crippen LogP contribution in [0.5, 0.6) is 0 Å². The highest BCUT2D eigenvalue weighted by molar-refractivity contribution is 4.50. The molecule has 0 bridgehead atoms. The van der Waals surface area contributed by atoms with E-state index in [1.807, 2.05) is 24.1 Å². The largest absolute Gasteiger partial charge is 0.278 e. The van der Waals surface area contributed by atoms with E-state index in [-0.39, 0.29) is 0 Å². The molecule has 0 rings (SSSR count). The highest BCUT2D eigenvalue weighted by atomic mass is 15.7. The first-order valence-corrected chi connectivity index (χ1v) is 4.32. The molecule has 0 aliphatic heterocycles. The van der Waals surface area contributed by atoms with E-state index >= 15 is 0 Å². The summed E-state index contributed by atoms with van der Waals surface area (Å²) in [7, 11) is 3.84. The van der Waals surface area contributed by atoms with E-state index in [9.17, 15) is 0 Å². The Morgan fingerprint density at radius 1 is 0.750 bits per heavy atom. The van der Waals surface area contributed by atoms with E-state index in [0.29, 0.717) is 12.1 Å². The van der Waals surface area contributed by atoms with Gasteiger partial charge in [0, 0.05) is 26.2 Å². The van der Waals surface area contributed by atoms with Crippen molar-refractivity contribution < 1.29 is 0 Å². The van der Waals surface area contributed by atoms with E-state index in [2.05, 4.69) is 38.1 Å². The molecule has 0 fully saturated rings. The fourth-order valence-electron chi connectivity index (χ4n) is 0.333. The van der Waals surface area contributed by atoms with Crippen LogP contribution in [0.3, 0.4) is 0 Å². The first kappa shape index (κ1) is 11.2. The molecule has 4 nitrogen and oxygen atoms in total. The zero-order chi connectivity index (χ0) is 9.72. The maximum absolute atomic E-state index is 4.03. The van der Waals surface area contributed by atoms with Crippen molar-refractivity contribution >= 4 is 0 Å². The van der Waals surface area contributed by atoms with Gasteiger partial charge in [0.2, 0.25) is 0 Å². The summed E-state index contributed by atoms with van der Waals surface area (Å²) < 4.78 is 0. The van der Waals surface area contributed by atoms with Crippen molar-refractivity contribution in [1.82, 2.24) is 10.0 Å². The first-order valence-electron chi connectivity index (χ1n) is 4.32. The predicted molar refractivity (Wildman–Crippen MR) is 50.7 cm³/mol. The lowest BCUT2D eigenvalue weighted by atomic mass is 10.4. The first-order chi connectivity index (χ1) is 5.45. The van der Waals surface area contributed by atoms with E-state index in [1.54, 1.807) is 0 Å². The average molecular weight is 172 g/mol. The SMILES string of the molecule is CC(C)N(C)N=NN(C)C(C)C. The molecule has 0 aliphatic carbocycles. The summed E-state index contributed by atoms with van der Waals surface area (Å²) in [5.74, 6) is 0. The third-order valence-corrected chi connectivity index (χ3v) is 1.82. The topological polar surface area (TPSA) is 31.2 Å². The van der Waals surface area contributed by atoms with Crippen molar-refractivity contribution in [2.75, 3.05) is 14.1 Å². The van der Waals surface area contributed by atoms with Crippen LogP contribution in [-0.2, 0) is 0 Å². The molecule has 0 heterocycles.